The molecule has 0 aliphatic carbocycles. The van der Waals surface area contributed by atoms with Gasteiger partial charge < -0.3 is 10.4 Å². The predicted octanol–water partition coefficient (Wildman–Crippen LogP) is 1.45. The fourth-order valence-corrected chi connectivity index (χ4v) is 1.31. The van der Waals surface area contributed by atoms with Crippen molar-refractivity contribution in [1.29, 1.82) is 0 Å². The van der Waals surface area contributed by atoms with Crippen LogP contribution in [0.1, 0.15) is 23.1 Å². The SMILES string of the molecule is CNCCC#Cc1ccc(CO)cc1C. The molecule has 0 radical (unpaired) electrons. The molecule has 0 spiro atoms. The van der Waals surface area contributed by atoms with Crippen molar-refractivity contribution in [3.8, 4) is 11.8 Å². The molecule has 1 rings (SSSR count). The van der Waals surface area contributed by atoms with Crippen molar-refractivity contribution in [2.45, 2.75) is 20.0 Å². The number of benzene rings is 1. The van der Waals surface area contributed by atoms with Crippen LogP contribution in [0.25, 0.3) is 0 Å². The number of aliphatic hydroxyl groups is 1. The predicted molar refractivity (Wildman–Crippen MR) is 62.5 cm³/mol. The van der Waals surface area contributed by atoms with E-state index in [-0.39, 0.29) is 6.61 Å². The summed E-state index contributed by atoms with van der Waals surface area (Å²) >= 11 is 0. The topological polar surface area (TPSA) is 32.3 Å². The van der Waals surface area contributed by atoms with E-state index in [2.05, 4.69) is 17.2 Å². The molecule has 0 bridgehead atoms. The highest BCUT2D eigenvalue weighted by atomic mass is 16.3. The molecule has 0 aromatic heterocycles. The Morgan fingerprint density at radius 1 is 1.40 bits per heavy atom. The van der Waals surface area contributed by atoms with Gasteiger partial charge in [0, 0.05) is 18.5 Å². The molecule has 80 valence electrons. The molecule has 0 saturated carbocycles. The minimum atomic E-state index is 0.0916. The molecule has 0 unspecified atom stereocenters. The van der Waals surface area contributed by atoms with Crippen molar-refractivity contribution in [2.75, 3.05) is 13.6 Å². The zero-order valence-corrected chi connectivity index (χ0v) is 9.30. The van der Waals surface area contributed by atoms with E-state index in [0.29, 0.717) is 0 Å². The second kappa shape index (κ2) is 6.23. The summed E-state index contributed by atoms with van der Waals surface area (Å²) in [7, 11) is 1.92. The largest absolute Gasteiger partial charge is 0.392 e. The number of aryl methyl sites for hydroxylation is 1. The smallest absolute Gasteiger partial charge is 0.0681 e. The quantitative estimate of drug-likeness (QED) is 0.575. The molecule has 0 aliphatic heterocycles. The summed E-state index contributed by atoms with van der Waals surface area (Å²) in [5.41, 5.74) is 3.11. The Morgan fingerprint density at radius 2 is 2.20 bits per heavy atom. The van der Waals surface area contributed by atoms with E-state index in [4.69, 9.17) is 5.11 Å². The van der Waals surface area contributed by atoms with Gasteiger partial charge in [-0.3, -0.25) is 0 Å². The molecule has 2 N–H and O–H groups in total. The lowest BCUT2D eigenvalue weighted by Crippen LogP contribution is -2.05. The van der Waals surface area contributed by atoms with E-state index in [1.165, 1.54) is 0 Å². The van der Waals surface area contributed by atoms with Crippen LogP contribution < -0.4 is 5.32 Å². The Balaban J connectivity index is 2.72. The van der Waals surface area contributed by atoms with E-state index in [1.807, 2.05) is 32.2 Å². The third-order valence-corrected chi connectivity index (χ3v) is 2.20. The van der Waals surface area contributed by atoms with Crippen LogP contribution in [0.5, 0.6) is 0 Å². The van der Waals surface area contributed by atoms with Gasteiger partial charge in [-0.25, -0.2) is 0 Å². The fourth-order valence-electron chi connectivity index (χ4n) is 1.31. The molecule has 0 atom stereocenters. The lowest BCUT2D eigenvalue weighted by Gasteiger charge is -2.00. The van der Waals surface area contributed by atoms with Crippen molar-refractivity contribution >= 4 is 0 Å². The molecule has 1 aromatic rings. The van der Waals surface area contributed by atoms with Gasteiger partial charge in [0.2, 0.25) is 0 Å². The Morgan fingerprint density at radius 3 is 2.80 bits per heavy atom. The van der Waals surface area contributed by atoms with Gasteiger partial charge in [0.1, 0.15) is 0 Å². The second-order valence-electron chi connectivity index (χ2n) is 3.46. The highest BCUT2D eigenvalue weighted by Gasteiger charge is 1.95. The first kappa shape index (κ1) is 11.8. The zero-order chi connectivity index (χ0) is 11.1. The molecular formula is C13H17NO. The van der Waals surface area contributed by atoms with Crippen molar-refractivity contribution in [3.05, 3.63) is 34.9 Å². The lowest BCUT2D eigenvalue weighted by molar-refractivity contribution is 0.282. The molecular weight excluding hydrogens is 186 g/mol. The summed E-state index contributed by atoms with van der Waals surface area (Å²) in [5.74, 6) is 6.23. The standard InChI is InChI=1S/C13H17NO/c1-11-9-12(10-15)6-7-13(11)5-3-4-8-14-2/h6-7,9,14-15H,4,8,10H2,1-2H3. The molecule has 1 aromatic carbocycles. The molecule has 0 amide bonds. The summed E-state index contributed by atoms with van der Waals surface area (Å²) in [6.07, 6.45) is 0.859. The van der Waals surface area contributed by atoms with Crippen LogP contribution in [-0.2, 0) is 6.61 Å². The van der Waals surface area contributed by atoms with Gasteiger partial charge in [-0.1, -0.05) is 24.0 Å². The van der Waals surface area contributed by atoms with Crippen LogP contribution in [0.2, 0.25) is 0 Å². The summed E-state index contributed by atoms with van der Waals surface area (Å²) in [6, 6.07) is 5.85. The lowest BCUT2D eigenvalue weighted by atomic mass is 10.1. The average Bonchev–Trinajstić information content (AvgIpc) is 2.26. The summed E-state index contributed by atoms with van der Waals surface area (Å²) in [4.78, 5) is 0. The Labute approximate surface area is 91.3 Å². The van der Waals surface area contributed by atoms with Crippen LogP contribution in [0.15, 0.2) is 18.2 Å². The van der Waals surface area contributed by atoms with Crippen molar-refractivity contribution in [1.82, 2.24) is 5.32 Å². The van der Waals surface area contributed by atoms with Crippen LogP contribution in [0.4, 0.5) is 0 Å². The number of nitrogens with one attached hydrogen (secondary N) is 1. The van der Waals surface area contributed by atoms with E-state index < -0.39 is 0 Å². The maximum Gasteiger partial charge on any atom is 0.0681 e. The Hall–Kier alpha value is -1.30. The molecule has 15 heavy (non-hydrogen) atoms. The zero-order valence-electron chi connectivity index (χ0n) is 9.30. The van der Waals surface area contributed by atoms with E-state index in [1.54, 1.807) is 0 Å². The van der Waals surface area contributed by atoms with Gasteiger partial charge in [-0.15, -0.1) is 0 Å². The summed E-state index contributed by atoms with van der Waals surface area (Å²) in [6.45, 7) is 3.02. The van der Waals surface area contributed by atoms with Crippen molar-refractivity contribution in [2.24, 2.45) is 0 Å². The second-order valence-corrected chi connectivity index (χ2v) is 3.46. The molecule has 0 saturated heterocycles. The molecule has 0 aliphatic rings. The molecule has 0 fully saturated rings. The van der Waals surface area contributed by atoms with Gasteiger partial charge in [0.25, 0.3) is 0 Å². The third-order valence-electron chi connectivity index (χ3n) is 2.20. The van der Waals surface area contributed by atoms with Crippen molar-refractivity contribution < 1.29 is 5.11 Å². The molecule has 2 nitrogen and oxygen atoms in total. The maximum atomic E-state index is 8.95. The monoisotopic (exact) mass is 203 g/mol. The third kappa shape index (κ3) is 3.75. The van der Waals surface area contributed by atoms with Gasteiger partial charge in [0.15, 0.2) is 0 Å². The average molecular weight is 203 g/mol. The fraction of sp³-hybridized carbons (Fsp3) is 0.385. The summed E-state index contributed by atoms with van der Waals surface area (Å²) in [5, 5.41) is 12.0. The first-order valence-corrected chi connectivity index (χ1v) is 5.11. The van der Waals surface area contributed by atoms with Gasteiger partial charge in [0.05, 0.1) is 6.61 Å². The molecule has 0 heterocycles. The van der Waals surface area contributed by atoms with E-state index >= 15 is 0 Å². The highest BCUT2D eigenvalue weighted by molar-refractivity contribution is 5.42. The normalized spacial score (nSPS) is 9.53. The van der Waals surface area contributed by atoms with Crippen LogP contribution in [0, 0.1) is 18.8 Å². The van der Waals surface area contributed by atoms with Crippen molar-refractivity contribution in [3.63, 3.8) is 0 Å². The van der Waals surface area contributed by atoms with Crippen LogP contribution >= 0.6 is 0 Å². The number of hydrogen-bond acceptors (Lipinski definition) is 2. The first-order valence-electron chi connectivity index (χ1n) is 5.11. The Kier molecular flexibility index (Phi) is 4.89. The minimum absolute atomic E-state index is 0.0916. The van der Waals surface area contributed by atoms with E-state index in [9.17, 15) is 0 Å². The Bertz CT molecular complexity index is 374. The van der Waals surface area contributed by atoms with Gasteiger partial charge in [-0.2, -0.15) is 0 Å². The van der Waals surface area contributed by atoms with Crippen LogP contribution in [-0.4, -0.2) is 18.7 Å². The number of rotatable bonds is 3. The first-order chi connectivity index (χ1) is 7.27. The number of hydrogen-bond donors (Lipinski definition) is 2. The van der Waals surface area contributed by atoms with E-state index in [0.717, 1.165) is 29.7 Å². The number of aliphatic hydroxyl groups excluding tert-OH is 1. The minimum Gasteiger partial charge on any atom is -0.392 e. The molecule has 2 heteroatoms. The van der Waals surface area contributed by atoms with Crippen LogP contribution in [0.3, 0.4) is 0 Å². The maximum absolute atomic E-state index is 8.95. The highest BCUT2D eigenvalue weighted by Crippen LogP contribution is 2.09. The van der Waals surface area contributed by atoms with Gasteiger partial charge >= 0.3 is 0 Å². The van der Waals surface area contributed by atoms with Gasteiger partial charge in [-0.05, 0) is 31.2 Å². The summed E-state index contributed by atoms with van der Waals surface area (Å²) < 4.78 is 0.